The standard InChI is InChI=1S/C15H13N3O3/c1-9-7-11(20-2)4-5-12(9)15-17-14(18-21-15)10-3-6-13(19)16-8-10/h3-8H,1-2H3,(H,16,19). The van der Waals surface area contributed by atoms with Crippen LogP contribution in [0.4, 0.5) is 0 Å². The predicted octanol–water partition coefficient (Wildman–Crippen LogP) is 2.41. The highest BCUT2D eigenvalue weighted by atomic mass is 16.5. The van der Waals surface area contributed by atoms with Crippen LogP contribution in [0, 0.1) is 6.92 Å². The van der Waals surface area contributed by atoms with Gasteiger partial charge in [0.2, 0.25) is 11.4 Å². The molecule has 106 valence electrons. The van der Waals surface area contributed by atoms with Gasteiger partial charge in [0, 0.05) is 23.4 Å². The third-order valence-electron chi connectivity index (χ3n) is 3.13. The lowest BCUT2D eigenvalue weighted by Crippen LogP contribution is -2.01. The number of ether oxygens (including phenoxy) is 1. The van der Waals surface area contributed by atoms with E-state index in [9.17, 15) is 4.79 Å². The van der Waals surface area contributed by atoms with E-state index in [1.807, 2.05) is 25.1 Å². The molecule has 3 aromatic rings. The van der Waals surface area contributed by atoms with Gasteiger partial charge in [-0.1, -0.05) is 5.16 Å². The van der Waals surface area contributed by atoms with Crippen molar-refractivity contribution < 1.29 is 9.26 Å². The summed E-state index contributed by atoms with van der Waals surface area (Å²) in [7, 11) is 1.62. The Bertz CT molecular complexity index is 816. The van der Waals surface area contributed by atoms with E-state index in [1.54, 1.807) is 19.4 Å². The monoisotopic (exact) mass is 283 g/mol. The topological polar surface area (TPSA) is 81.0 Å². The summed E-state index contributed by atoms with van der Waals surface area (Å²) in [4.78, 5) is 18.0. The molecule has 0 saturated heterocycles. The molecule has 0 aliphatic rings. The summed E-state index contributed by atoms with van der Waals surface area (Å²) in [5.74, 6) is 1.63. The van der Waals surface area contributed by atoms with E-state index in [1.165, 1.54) is 6.07 Å². The van der Waals surface area contributed by atoms with Gasteiger partial charge in [0.15, 0.2) is 0 Å². The molecule has 2 heterocycles. The maximum atomic E-state index is 11.1. The minimum atomic E-state index is -0.173. The van der Waals surface area contributed by atoms with Gasteiger partial charge in [-0.15, -0.1) is 0 Å². The van der Waals surface area contributed by atoms with E-state index < -0.39 is 0 Å². The fourth-order valence-electron chi connectivity index (χ4n) is 2.00. The third-order valence-corrected chi connectivity index (χ3v) is 3.13. The number of benzene rings is 1. The number of aromatic amines is 1. The van der Waals surface area contributed by atoms with E-state index in [4.69, 9.17) is 9.26 Å². The molecular weight excluding hydrogens is 270 g/mol. The molecular formula is C15H13N3O3. The van der Waals surface area contributed by atoms with Crippen molar-refractivity contribution in [2.45, 2.75) is 6.92 Å². The number of pyridine rings is 1. The normalized spacial score (nSPS) is 10.6. The Labute approximate surface area is 120 Å². The van der Waals surface area contributed by atoms with Crippen LogP contribution in [0.2, 0.25) is 0 Å². The number of methoxy groups -OCH3 is 1. The van der Waals surface area contributed by atoms with E-state index in [0.29, 0.717) is 17.3 Å². The summed E-state index contributed by atoms with van der Waals surface area (Å²) in [6.45, 7) is 1.95. The van der Waals surface area contributed by atoms with Crippen molar-refractivity contribution >= 4 is 0 Å². The number of hydrogen-bond acceptors (Lipinski definition) is 5. The van der Waals surface area contributed by atoms with Gasteiger partial charge in [-0.2, -0.15) is 4.98 Å². The molecule has 0 unspecified atom stereocenters. The maximum absolute atomic E-state index is 11.1. The first-order valence-corrected chi connectivity index (χ1v) is 6.35. The molecule has 3 rings (SSSR count). The van der Waals surface area contributed by atoms with Crippen molar-refractivity contribution in [1.29, 1.82) is 0 Å². The number of H-pyrrole nitrogens is 1. The molecule has 0 amide bonds. The van der Waals surface area contributed by atoms with Gasteiger partial charge in [-0.25, -0.2) is 0 Å². The molecule has 21 heavy (non-hydrogen) atoms. The fraction of sp³-hybridized carbons (Fsp3) is 0.133. The van der Waals surface area contributed by atoms with Gasteiger partial charge in [-0.3, -0.25) is 4.79 Å². The van der Waals surface area contributed by atoms with Crippen LogP contribution in [0.5, 0.6) is 5.75 Å². The van der Waals surface area contributed by atoms with Crippen LogP contribution in [0.25, 0.3) is 22.8 Å². The van der Waals surface area contributed by atoms with Crippen molar-refractivity contribution in [1.82, 2.24) is 15.1 Å². The van der Waals surface area contributed by atoms with Gasteiger partial charge >= 0.3 is 0 Å². The second kappa shape index (κ2) is 5.24. The Morgan fingerprint density at radius 1 is 1.24 bits per heavy atom. The van der Waals surface area contributed by atoms with Gasteiger partial charge in [0.25, 0.3) is 5.89 Å². The lowest BCUT2D eigenvalue weighted by molar-refractivity contribution is 0.414. The second-order valence-electron chi connectivity index (χ2n) is 4.55. The molecule has 0 aliphatic heterocycles. The molecule has 0 atom stereocenters. The molecule has 1 aromatic carbocycles. The summed E-state index contributed by atoms with van der Waals surface area (Å²) in [6, 6.07) is 8.68. The molecule has 0 bridgehead atoms. The van der Waals surface area contributed by atoms with Gasteiger partial charge in [0.1, 0.15) is 5.75 Å². The first kappa shape index (κ1) is 13.1. The van der Waals surface area contributed by atoms with Crippen LogP contribution in [0.15, 0.2) is 45.8 Å². The van der Waals surface area contributed by atoms with Crippen molar-refractivity contribution in [2.24, 2.45) is 0 Å². The Morgan fingerprint density at radius 2 is 2.10 bits per heavy atom. The number of aromatic nitrogens is 3. The zero-order valence-corrected chi connectivity index (χ0v) is 11.6. The molecule has 0 radical (unpaired) electrons. The van der Waals surface area contributed by atoms with Crippen LogP contribution in [-0.2, 0) is 0 Å². The Kier molecular flexibility index (Phi) is 3.27. The summed E-state index contributed by atoms with van der Waals surface area (Å²) in [6.07, 6.45) is 1.55. The number of nitrogens with one attached hydrogen (secondary N) is 1. The lowest BCUT2D eigenvalue weighted by atomic mass is 10.1. The molecule has 0 saturated carbocycles. The largest absolute Gasteiger partial charge is 0.497 e. The SMILES string of the molecule is COc1ccc(-c2nc(-c3ccc(=O)[nH]c3)no2)c(C)c1. The molecule has 0 spiro atoms. The molecule has 0 aliphatic carbocycles. The van der Waals surface area contributed by atoms with Crippen molar-refractivity contribution in [3.8, 4) is 28.6 Å². The second-order valence-corrected chi connectivity index (χ2v) is 4.55. The molecule has 2 aromatic heterocycles. The lowest BCUT2D eigenvalue weighted by Gasteiger charge is -2.03. The highest BCUT2D eigenvalue weighted by Crippen LogP contribution is 2.27. The number of rotatable bonds is 3. The summed E-state index contributed by atoms with van der Waals surface area (Å²) in [5, 5.41) is 3.94. The molecule has 6 heteroatoms. The zero-order chi connectivity index (χ0) is 14.8. The van der Waals surface area contributed by atoms with E-state index in [0.717, 1.165) is 16.9 Å². The van der Waals surface area contributed by atoms with Gasteiger partial charge < -0.3 is 14.2 Å². The first-order chi connectivity index (χ1) is 10.2. The third kappa shape index (κ3) is 2.55. The first-order valence-electron chi connectivity index (χ1n) is 6.35. The maximum Gasteiger partial charge on any atom is 0.258 e. The minimum absolute atomic E-state index is 0.173. The Hall–Kier alpha value is -2.89. The number of nitrogens with zero attached hydrogens (tertiary/aromatic N) is 2. The quantitative estimate of drug-likeness (QED) is 0.798. The summed E-state index contributed by atoms with van der Waals surface area (Å²) < 4.78 is 10.5. The highest BCUT2D eigenvalue weighted by molar-refractivity contribution is 5.62. The minimum Gasteiger partial charge on any atom is -0.497 e. The van der Waals surface area contributed by atoms with Gasteiger partial charge in [0.05, 0.1) is 7.11 Å². The Balaban J connectivity index is 1.98. The van der Waals surface area contributed by atoms with Crippen molar-refractivity contribution in [2.75, 3.05) is 7.11 Å². The van der Waals surface area contributed by atoms with Crippen LogP contribution in [0.3, 0.4) is 0 Å². The molecule has 6 nitrogen and oxygen atoms in total. The average molecular weight is 283 g/mol. The van der Waals surface area contributed by atoms with Crippen molar-refractivity contribution in [3.05, 3.63) is 52.4 Å². The van der Waals surface area contributed by atoms with Crippen LogP contribution >= 0.6 is 0 Å². The van der Waals surface area contributed by atoms with Crippen LogP contribution in [-0.4, -0.2) is 22.2 Å². The zero-order valence-electron chi connectivity index (χ0n) is 11.6. The summed E-state index contributed by atoms with van der Waals surface area (Å²) in [5.41, 5.74) is 2.34. The van der Waals surface area contributed by atoms with E-state index in [2.05, 4.69) is 15.1 Å². The molecule has 0 fully saturated rings. The fourth-order valence-corrected chi connectivity index (χ4v) is 2.00. The van der Waals surface area contributed by atoms with Crippen LogP contribution in [0.1, 0.15) is 5.56 Å². The Morgan fingerprint density at radius 3 is 2.76 bits per heavy atom. The van der Waals surface area contributed by atoms with Gasteiger partial charge in [-0.05, 0) is 36.8 Å². The van der Waals surface area contributed by atoms with Crippen LogP contribution < -0.4 is 10.3 Å². The summed E-state index contributed by atoms with van der Waals surface area (Å²) >= 11 is 0. The predicted molar refractivity (Wildman–Crippen MR) is 77.1 cm³/mol. The average Bonchev–Trinajstić information content (AvgIpc) is 2.97. The smallest absolute Gasteiger partial charge is 0.258 e. The van der Waals surface area contributed by atoms with Crippen molar-refractivity contribution in [3.63, 3.8) is 0 Å². The van der Waals surface area contributed by atoms with E-state index >= 15 is 0 Å². The molecule has 1 N–H and O–H groups in total. The number of aryl methyl sites for hydroxylation is 1. The highest BCUT2D eigenvalue weighted by Gasteiger charge is 2.13. The number of hydrogen-bond donors (Lipinski definition) is 1. The van der Waals surface area contributed by atoms with E-state index in [-0.39, 0.29) is 5.56 Å².